The number of urea groups is 1. The number of hydrogen-bond donors (Lipinski definition) is 3. The zero-order valence-electron chi connectivity index (χ0n) is 11.1. The van der Waals surface area contributed by atoms with Gasteiger partial charge in [0.2, 0.25) is 0 Å². The number of aromatic carboxylic acids is 1. The van der Waals surface area contributed by atoms with Gasteiger partial charge in [-0.25, -0.2) is 9.59 Å². The topological polar surface area (TPSA) is 87.7 Å². The van der Waals surface area contributed by atoms with Gasteiger partial charge in [0.05, 0.1) is 11.7 Å². The van der Waals surface area contributed by atoms with Gasteiger partial charge in [-0.15, -0.1) is 0 Å². The monoisotopic (exact) mass is 278 g/mol. The van der Waals surface area contributed by atoms with E-state index in [4.69, 9.17) is 9.84 Å². The molecule has 0 bridgehead atoms. The summed E-state index contributed by atoms with van der Waals surface area (Å²) in [6, 6.07) is 5.71. The molecule has 6 nitrogen and oxygen atoms in total. The lowest BCUT2D eigenvalue weighted by atomic mass is 10.2. The van der Waals surface area contributed by atoms with Gasteiger partial charge in [0.25, 0.3) is 0 Å². The molecular weight excluding hydrogens is 260 g/mol. The molecule has 1 unspecified atom stereocenters. The first kappa shape index (κ1) is 14.3. The van der Waals surface area contributed by atoms with Crippen molar-refractivity contribution in [3.05, 3.63) is 29.8 Å². The summed E-state index contributed by atoms with van der Waals surface area (Å²) in [7, 11) is 0. The SMILES string of the molecule is O=C(NCCC1CCCO1)Nc1ccc(C(=O)O)cc1. The number of carbonyl (C=O) groups is 2. The second kappa shape index (κ2) is 6.91. The first-order valence-corrected chi connectivity index (χ1v) is 6.65. The van der Waals surface area contributed by atoms with Crippen LogP contribution >= 0.6 is 0 Å². The van der Waals surface area contributed by atoms with E-state index in [0.29, 0.717) is 12.2 Å². The van der Waals surface area contributed by atoms with Gasteiger partial charge in [0.1, 0.15) is 0 Å². The summed E-state index contributed by atoms with van der Waals surface area (Å²) in [5, 5.41) is 14.2. The predicted molar refractivity (Wildman–Crippen MR) is 74.0 cm³/mol. The highest BCUT2D eigenvalue weighted by atomic mass is 16.5. The fourth-order valence-corrected chi connectivity index (χ4v) is 2.09. The Labute approximate surface area is 117 Å². The second-order valence-corrected chi connectivity index (χ2v) is 4.69. The van der Waals surface area contributed by atoms with Crippen LogP contribution in [0.4, 0.5) is 10.5 Å². The van der Waals surface area contributed by atoms with Crippen molar-refractivity contribution in [2.45, 2.75) is 25.4 Å². The molecule has 0 radical (unpaired) electrons. The van der Waals surface area contributed by atoms with Crippen molar-refractivity contribution in [1.29, 1.82) is 0 Å². The molecule has 2 rings (SSSR count). The summed E-state index contributed by atoms with van der Waals surface area (Å²) in [6.07, 6.45) is 3.21. The number of amides is 2. The van der Waals surface area contributed by atoms with Gasteiger partial charge in [0.15, 0.2) is 0 Å². The molecule has 20 heavy (non-hydrogen) atoms. The van der Waals surface area contributed by atoms with Crippen LogP contribution in [-0.4, -0.2) is 36.4 Å². The molecule has 1 aliphatic rings. The Bertz CT molecular complexity index is 467. The van der Waals surface area contributed by atoms with E-state index in [-0.39, 0.29) is 17.7 Å². The number of carboxylic acids is 1. The maximum absolute atomic E-state index is 11.6. The van der Waals surface area contributed by atoms with Gasteiger partial charge in [0, 0.05) is 18.8 Å². The number of rotatable bonds is 5. The number of carbonyl (C=O) groups excluding carboxylic acids is 1. The third-order valence-electron chi connectivity index (χ3n) is 3.17. The fraction of sp³-hybridized carbons (Fsp3) is 0.429. The van der Waals surface area contributed by atoms with Crippen LogP contribution < -0.4 is 10.6 Å². The minimum atomic E-state index is -0.988. The Kier molecular flexibility index (Phi) is 4.95. The largest absolute Gasteiger partial charge is 0.478 e. The van der Waals surface area contributed by atoms with Crippen molar-refractivity contribution >= 4 is 17.7 Å². The quantitative estimate of drug-likeness (QED) is 0.769. The summed E-state index contributed by atoms with van der Waals surface area (Å²) < 4.78 is 5.46. The highest BCUT2D eigenvalue weighted by Gasteiger charge is 2.15. The molecule has 1 fully saturated rings. The maximum atomic E-state index is 11.6. The molecule has 1 saturated heterocycles. The molecule has 1 aromatic rings. The molecule has 1 aliphatic heterocycles. The van der Waals surface area contributed by atoms with E-state index in [1.54, 1.807) is 12.1 Å². The zero-order valence-corrected chi connectivity index (χ0v) is 11.1. The van der Waals surface area contributed by atoms with E-state index >= 15 is 0 Å². The molecule has 3 N–H and O–H groups in total. The third kappa shape index (κ3) is 4.24. The lowest BCUT2D eigenvalue weighted by Crippen LogP contribution is -2.31. The van der Waals surface area contributed by atoms with Gasteiger partial charge in [-0.05, 0) is 43.5 Å². The van der Waals surface area contributed by atoms with Crippen LogP contribution in [0.5, 0.6) is 0 Å². The number of carboxylic acid groups (broad SMARTS) is 1. The Morgan fingerprint density at radius 1 is 1.30 bits per heavy atom. The van der Waals surface area contributed by atoms with E-state index in [2.05, 4.69) is 10.6 Å². The van der Waals surface area contributed by atoms with Crippen molar-refractivity contribution < 1.29 is 19.4 Å². The van der Waals surface area contributed by atoms with Gasteiger partial charge in [-0.2, -0.15) is 0 Å². The maximum Gasteiger partial charge on any atom is 0.335 e. The summed E-state index contributed by atoms with van der Waals surface area (Å²) in [4.78, 5) is 22.3. The number of anilines is 1. The van der Waals surface area contributed by atoms with Gasteiger partial charge >= 0.3 is 12.0 Å². The van der Waals surface area contributed by atoms with Gasteiger partial charge in [-0.3, -0.25) is 0 Å². The number of hydrogen-bond acceptors (Lipinski definition) is 3. The summed E-state index contributed by atoms with van der Waals surface area (Å²) in [6.45, 7) is 1.37. The molecule has 6 heteroatoms. The first-order chi connectivity index (χ1) is 9.65. The number of nitrogens with one attached hydrogen (secondary N) is 2. The Balaban J connectivity index is 1.71. The van der Waals surface area contributed by atoms with Crippen LogP contribution in [0.3, 0.4) is 0 Å². The molecule has 0 spiro atoms. The highest BCUT2D eigenvalue weighted by Crippen LogP contribution is 2.14. The zero-order chi connectivity index (χ0) is 14.4. The smallest absolute Gasteiger partial charge is 0.335 e. The summed E-state index contributed by atoms with van der Waals surface area (Å²) in [5.41, 5.74) is 0.749. The van der Waals surface area contributed by atoms with E-state index in [1.807, 2.05) is 0 Å². The van der Waals surface area contributed by atoms with Crippen LogP contribution in [0.2, 0.25) is 0 Å². The van der Waals surface area contributed by atoms with Crippen molar-refractivity contribution in [1.82, 2.24) is 5.32 Å². The van der Waals surface area contributed by atoms with E-state index < -0.39 is 5.97 Å². The van der Waals surface area contributed by atoms with Crippen LogP contribution in [0, 0.1) is 0 Å². The molecule has 1 heterocycles. The molecule has 1 atom stereocenters. The van der Waals surface area contributed by atoms with Gasteiger partial charge < -0.3 is 20.5 Å². The summed E-state index contributed by atoms with van der Waals surface area (Å²) in [5.74, 6) is -0.988. The van der Waals surface area contributed by atoms with Crippen LogP contribution in [0.1, 0.15) is 29.6 Å². The van der Waals surface area contributed by atoms with E-state index in [9.17, 15) is 9.59 Å². The molecule has 2 amide bonds. The minimum absolute atomic E-state index is 0.189. The van der Waals surface area contributed by atoms with Gasteiger partial charge in [-0.1, -0.05) is 0 Å². The Hall–Kier alpha value is -2.08. The predicted octanol–water partition coefficient (Wildman–Crippen LogP) is 2.08. The molecule has 1 aromatic carbocycles. The molecule has 108 valence electrons. The molecule has 0 aliphatic carbocycles. The third-order valence-corrected chi connectivity index (χ3v) is 3.17. The van der Waals surface area contributed by atoms with Crippen molar-refractivity contribution in [3.8, 4) is 0 Å². The van der Waals surface area contributed by atoms with Crippen LogP contribution in [-0.2, 0) is 4.74 Å². The molecule has 0 saturated carbocycles. The lowest BCUT2D eigenvalue weighted by Gasteiger charge is -2.11. The average Bonchev–Trinajstić information content (AvgIpc) is 2.92. The van der Waals surface area contributed by atoms with Crippen LogP contribution in [0.15, 0.2) is 24.3 Å². The average molecular weight is 278 g/mol. The van der Waals surface area contributed by atoms with Crippen molar-refractivity contribution in [2.75, 3.05) is 18.5 Å². The molecule has 0 aromatic heterocycles. The normalized spacial score (nSPS) is 17.7. The van der Waals surface area contributed by atoms with E-state index in [0.717, 1.165) is 25.9 Å². The highest BCUT2D eigenvalue weighted by molar-refractivity contribution is 5.91. The number of benzene rings is 1. The van der Waals surface area contributed by atoms with Crippen molar-refractivity contribution in [3.63, 3.8) is 0 Å². The summed E-state index contributed by atoms with van der Waals surface area (Å²) >= 11 is 0. The second-order valence-electron chi connectivity index (χ2n) is 4.69. The minimum Gasteiger partial charge on any atom is -0.478 e. The van der Waals surface area contributed by atoms with Crippen molar-refractivity contribution in [2.24, 2.45) is 0 Å². The Morgan fingerprint density at radius 3 is 2.65 bits per heavy atom. The van der Waals surface area contributed by atoms with E-state index in [1.165, 1.54) is 12.1 Å². The lowest BCUT2D eigenvalue weighted by molar-refractivity contribution is 0.0697. The molecular formula is C14H18N2O4. The standard InChI is InChI=1S/C14H18N2O4/c17-13(18)10-3-5-11(6-4-10)16-14(19)15-8-7-12-2-1-9-20-12/h3-6,12H,1-2,7-9H2,(H,17,18)(H2,15,16,19). The number of ether oxygens (including phenoxy) is 1. The first-order valence-electron chi connectivity index (χ1n) is 6.65. The Morgan fingerprint density at radius 2 is 2.05 bits per heavy atom. The van der Waals surface area contributed by atoms with Crippen LogP contribution in [0.25, 0.3) is 0 Å². The fourth-order valence-electron chi connectivity index (χ4n) is 2.09.